The van der Waals surface area contributed by atoms with Gasteiger partial charge in [0.25, 0.3) is 0 Å². The summed E-state index contributed by atoms with van der Waals surface area (Å²) in [7, 11) is 1.70. The van der Waals surface area contributed by atoms with Gasteiger partial charge in [-0.2, -0.15) is 0 Å². The summed E-state index contributed by atoms with van der Waals surface area (Å²) < 4.78 is 12.3. The smallest absolute Gasteiger partial charge is 0.218 e. The Morgan fingerprint density at radius 1 is 1.62 bits per heavy atom. The Hall–Kier alpha value is -1.46. The quantitative estimate of drug-likeness (QED) is 0.459. The van der Waals surface area contributed by atoms with Crippen LogP contribution in [0.5, 0.6) is 0 Å². The highest BCUT2D eigenvalue weighted by Gasteiger charge is 2.10. The molecule has 0 aromatic heterocycles. The molecular formula is C11H18FN3O. The second-order valence-corrected chi connectivity index (χ2v) is 3.17. The third-order valence-electron chi connectivity index (χ3n) is 1.83. The molecule has 1 atom stereocenters. The summed E-state index contributed by atoms with van der Waals surface area (Å²) >= 11 is 0. The van der Waals surface area contributed by atoms with Gasteiger partial charge >= 0.3 is 0 Å². The van der Waals surface area contributed by atoms with Crippen molar-refractivity contribution < 1.29 is 9.18 Å². The lowest BCUT2D eigenvalue weighted by molar-refractivity contribution is -0.119. The van der Waals surface area contributed by atoms with E-state index in [4.69, 9.17) is 5.73 Å². The topological polar surface area (TPSA) is 67.2 Å². The number of carbonyl (C=O) groups excluding carboxylic acids is 1. The number of amides is 1. The molecule has 0 spiro atoms. The fourth-order valence-electron chi connectivity index (χ4n) is 1.11. The van der Waals surface area contributed by atoms with Gasteiger partial charge < -0.3 is 11.1 Å². The van der Waals surface area contributed by atoms with Crippen molar-refractivity contribution in [2.45, 2.75) is 13.1 Å². The molecule has 16 heavy (non-hydrogen) atoms. The van der Waals surface area contributed by atoms with Gasteiger partial charge in [0, 0.05) is 13.5 Å². The van der Waals surface area contributed by atoms with Crippen LogP contribution in [0.25, 0.3) is 0 Å². The molecule has 0 bridgehead atoms. The molecule has 1 unspecified atom stereocenters. The highest BCUT2D eigenvalue weighted by atomic mass is 19.1. The zero-order chi connectivity index (χ0) is 12.6. The molecule has 0 aliphatic heterocycles. The van der Waals surface area contributed by atoms with Crippen LogP contribution in [0.4, 0.5) is 4.39 Å². The molecule has 1 amide bonds. The van der Waals surface area contributed by atoms with Crippen molar-refractivity contribution in [1.82, 2.24) is 10.6 Å². The Balaban J connectivity index is 4.66. The highest BCUT2D eigenvalue weighted by molar-refractivity contribution is 5.73. The molecule has 0 aromatic carbocycles. The SMILES string of the molecule is C=C(F)/C=C\C=C(/CN)C(NC)NC(C)=O. The summed E-state index contributed by atoms with van der Waals surface area (Å²) in [5.41, 5.74) is 6.28. The van der Waals surface area contributed by atoms with E-state index in [1.165, 1.54) is 19.1 Å². The van der Waals surface area contributed by atoms with Crippen LogP contribution < -0.4 is 16.4 Å². The van der Waals surface area contributed by atoms with Gasteiger partial charge in [0.15, 0.2) is 0 Å². The maximum atomic E-state index is 12.3. The molecule has 0 aliphatic rings. The van der Waals surface area contributed by atoms with Gasteiger partial charge in [0.05, 0.1) is 0 Å². The van der Waals surface area contributed by atoms with E-state index < -0.39 is 5.83 Å². The Morgan fingerprint density at radius 2 is 2.25 bits per heavy atom. The number of hydrogen-bond donors (Lipinski definition) is 3. The van der Waals surface area contributed by atoms with E-state index in [9.17, 15) is 9.18 Å². The third kappa shape index (κ3) is 6.10. The van der Waals surface area contributed by atoms with Crippen molar-refractivity contribution in [2.24, 2.45) is 5.73 Å². The van der Waals surface area contributed by atoms with E-state index in [2.05, 4.69) is 17.2 Å². The summed E-state index contributed by atoms with van der Waals surface area (Å²) in [4.78, 5) is 10.9. The molecule has 0 aliphatic carbocycles. The fourth-order valence-corrected chi connectivity index (χ4v) is 1.11. The summed E-state index contributed by atoms with van der Waals surface area (Å²) in [6, 6.07) is 0. The van der Waals surface area contributed by atoms with Crippen LogP contribution in [0.2, 0.25) is 0 Å². The van der Waals surface area contributed by atoms with Crippen LogP contribution in [-0.4, -0.2) is 25.7 Å². The number of likely N-dealkylation sites (N-methyl/N-ethyl adjacent to an activating group) is 1. The molecule has 0 saturated heterocycles. The zero-order valence-electron chi connectivity index (χ0n) is 9.59. The van der Waals surface area contributed by atoms with Gasteiger partial charge in [-0.15, -0.1) is 0 Å². The number of halogens is 1. The number of rotatable bonds is 6. The predicted molar refractivity (Wildman–Crippen MR) is 63.2 cm³/mol. The maximum absolute atomic E-state index is 12.3. The monoisotopic (exact) mass is 227 g/mol. The van der Waals surface area contributed by atoms with Gasteiger partial charge in [-0.05, 0) is 18.7 Å². The third-order valence-corrected chi connectivity index (χ3v) is 1.83. The first-order valence-corrected chi connectivity index (χ1v) is 4.87. The normalized spacial score (nSPS) is 13.9. The number of nitrogens with two attached hydrogens (primary N) is 1. The molecule has 4 N–H and O–H groups in total. The number of nitrogens with one attached hydrogen (secondary N) is 2. The van der Waals surface area contributed by atoms with Gasteiger partial charge in [-0.1, -0.05) is 18.7 Å². The van der Waals surface area contributed by atoms with E-state index in [1.807, 2.05) is 0 Å². The standard InChI is InChI=1S/C11H18FN3O/c1-8(12)5-4-6-10(7-13)11(14-3)15-9(2)16/h4-6,11,14H,1,7,13H2,2-3H3,(H,15,16)/b5-4-,10-6+. The van der Waals surface area contributed by atoms with Crippen molar-refractivity contribution >= 4 is 5.91 Å². The molecule has 90 valence electrons. The van der Waals surface area contributed by atoms with E-state index >= 15 is 0 Å². The highest BCUT2D eigenvalue weighted by Crippen LogP contribution is 2.00. The van der Waals surface area contributed by atoms with E-state index in [0.717, 1.165) is 5.57 Å². The Kier molecular flexibility index (Phi) is 7.07. The molecule has 0 radical (unpaired) electrons. The van der Waals surface area contributed by atoms with Gasteiger partial charge in [0.1, 0.15) is 12.0 Å². The summed E-state index contributed by atoms with van der Waals surface area (Å²) in [6.45, 7) is 4.77. The van der Waals surface area contributed by atoms with Gasteiger partial charge in [0.2, 0.25) is 5.91 Å². The average Bonchev–Trinajstić information content (AvgIpc) is 2.21. The molecule has 0 fully saturated rings. The van der Waals surface area contributed by atoms with Crippen molar-refractivity contribution in [3.05, 3.63) is 36.2 Å². The van der Waals surface area contributed by atoms with E-state index in [0.29, 0.717) is 0 Å². The molecule has 0 heterocycles. The molecule has 5 heteroatoms. The summed E-state index contributed by atoms with van der Waals surface area (Å²) in [6.07, 6.45) is 4.01. The minimum atomic E-state index is -0.534. The molecule has 4 nitrogen and oxygen atoms in total. The minimum Gasteiger partial charge on any atom is -0.337 e. The molecule has 0 aromatic rings. The van der Waals surface area contributed by atoms with Crippen molar-refractivity contribution in [3.8, 4) is 0 Å². The van der Waals surface area contributed by atoms with Crippen LogP contribution >= 0.6 is 0 Å². The van der Waals surface area contributed by atoms with Crippen LogP contribution in [0.1, 0.15) is 6.92 Å². The van der Waals surface area contributed by atoms with Gasteiger partial charge in [-0.3, -0.25) is 10.1 Å². The first-order chi connectivity index (χ1) is 7.51. The van der Waals surface area contributed by atoms with Crippen molar-refractivity contribution in [2.75, 3.05) is 13.6 Å². The number of carbonyl (C=O) groups is 1. The summed E-state index contributed by atoms with van der Waals surface area (Å²) in [5, 5.41) is 5.56. The van der Waals surface area contributed by atoms with Gasteiger partial charge in [-0.25, -0.2) is 4.39 Å². The second-order valence-electron chi connectivity index (χ2n) is 3.17. The van der Waals surface area contributed by atoms with Crippen LogP contribution in [0.3, 0.4) is 0 Å². The van der Waals surface area contributed by atoms with Crippen LogP contribution in [0, 0.1) is 0 Å². The molecule has 0 rings (SSSR count). The Bertz CT molecular complexity index is 310. The fraction of sp³-hybridized carbons (Fsp3) is 0.364. The largest absolute Gasteiger partial charge is 0.337 e. The Labute approximate surface area is 95.1 Å². The van der Waals surface area contributed by atoms with Crippen molar-refractivity contribution in [1.29, 1.82) is 0 Å². The lowest BCUT2D eigenvalue weighted by Crippen LogP contribution is -2.45. The van der Waals surface area contributed by atoms with E-state index in [1.54, 1.807) is 13.1 Å². The minimum absolute atomic E-state index is 0.169. The average molecular weight is 227 g/mol. The van der Waals surface area contributed by atoms with Crippen LogP contribution in [0.15, 0.2) is 36.2 Å². The Morgan fingerprint density at radius 3 is 2.62 bits per heavy atom. The predicted octanol–water partition coefficient (Wildman–Crippen LogP) is 0.592. The number of allylic oxidation sites excluding steroid dienone is 4. The second kappa shape index (κ2) is 7.78. The summed E-state index contributed by atoms with van der Waals surface area (Å²) in [5.74, 6) is -0.703. The van der Waals surface area contributed by atoms with E-state index in [-0.39, 0.29) is 18.6 Å². The lowest BCUT2D eigenvalue weighted by atomic mass is 10.1. The lowest BCUT2D eigenvalue weighted by Gasteiger charge is -2.19. The number of hydrogen-bond acceptors (Lipinski definition) is 3. The molecular weight excluding hydrogens is 209 g/mol. The molecule has 0 saturated carbocycles. The first kappa shape index (κ1) is 14.5. The van der Waals surface area contributed by atoms with Crippen LogP contribution in [-0.2, 0) is 4.79 Å². The first-order valence-electron chi connectivity index (χ1n) is 4.87. The zero-order valence-corrected chi connectivity index (χ0v) is 9.59. The van der Waals surface area contributed by atoms with Crippen molar-refractivity contribution in [3.63, 3.8) is 0 Å². The maximum Gasteiger partial charge on any atom is 0.218 e.